The van der Waals surface area contributed by atoms with Crippen LogP contribution in [0.1, 0.15) is 37.0 Å². The number of amides is 2. The maximum atomic E-state index is 12.0. The number of esters is 1. The Kier molecular flexibility index (Phi) is 5.60. The lowest BCUT2D eigenvalue weighted by molar-refractivity contribution is -0.124. The predicted octanol–water partition coefficient (Wildman–Crippen LogP) is 2.15. The summed E-state index contributed by atoms with van der Waals surface area (Å²) in [5, 5.41) is 3.03. The van der Waals surface area contributed by atoms with Gasteiger partial charge in [-0.2, -0.15) is 0 Å². The molecule has 23 heavy (non-hydrogen) atoms. The first-order chi connectivity index (χ1) is 10.9. The van der Waals surface area contributed by atoms with E-state index in [0.717, 1.165) is 6.42 Å². The van der Waals surface area contributed by atoms with E-state index in [2.05, 4.69) is 5.32 Å². The summed E-state index contributed by atoms with van der Waals surface area (Å²) >= 11 is 6.12. The van der Waals surface area contributed by atoms with Crippen LogP contribution in [0.5, 0.6) is 0 Å². The van der Waals surface area contributed by atoms with Crippen molar-refractivity contribution in [3.05, 3.63) is 28.8 Å². The second kappa shape index (κ2) is 7.46. The van der Waals surface area contributed by atoms with Crippen molar-refractivity contribution in [2.24, 2.45) is 0 Å². The minimum atomic E-state index is -0.631. The van der Waals surface area contributed by atoms with E-state index in [4.69, 9.17) is 16.3 Å². The summed E-state index contributed by atoms with van der Waals surface area (Å²) in [6, 6.07) is 4.56. The molecule has 6 nitrogen and oxygen atoms in total. The van der Waals surface area contributed by atoms with Crippen molar-refractivity contribution in [1.29, 1.82) is 0 Å². The molecule has 0 bridgehead atoms. The number of nitrogens with zero attached hydrogens (tertiary/aromatic N) is 1. The molecular formula is C16H19ClN2O4. The molecule has 1 saturated heterocycles. The first kappa shape index (κ1) is 17.3. The molecule has 0 aliphatic carbocycles. The number of ether oxygens (including phenoxy) is 1. The molecule has 1 aliphatic heterocycles. The van der Waals surface area contributed by atoms with Crippen LogP contribution in [0.25, 0.3) is 0 Å². The van der Waals surface area contributed by atoms with Crippen molar-refractivity contribution in [1.82, 2.24) is 5.32 Å². The first-order valence-electron chi connectivity index (χ1n) is 7.45. The third-order valence-electron chi connectivity index (χ3n) is 3.33. The highest BCUT2D eigenvalue weighted by Crippen LogP contribution is 2.30. The molecule has 1 aromatic rings. The minimum Gasteiger partial charge on any atom is -0.452 e. The minimum absolute atomic E-state index is 0.0197. The molecule has 0 spiro atoms. The largest absolute Gasteiger partial charge is 0.452 e. The number of rotatable bonds is 5. The molecule has 7 heteroatoms. The maximum absolute atomic E-state index is 12.0. The normalized spacial score (nSPS) is 14.3. The summed E-state index contributed by atoms with van der Waals surface area (Å²) in [6.45, 7) is 3.86. The molecule has 0 atom stereocenters. The Hall–Kier alpha value is -2.08. The molecule has 0 aromatic heterocycles. The maximum Gasteiger partial charge on any atom is 0.338 e. The summed E-state index contributed by atoms with van der Waals surface area (Å²) < 4.78 is 4.98. The number of carbonyl (C=O) groups excluding carboxylic acids is 3. The van der Waals surface area contributed by atoms with Crippen LogP contribution in [0.15, 0.2) is 18.2 Å². The Morgan fingerprint density at radius 1 is 1.39 bits per heavy atom. The summed E-state index contributed by atoms with van der Waals surface area (Å²) in [5.74, 6) is -1.01. The van der Waals surface area contributed by atoms with Gasteiger partial charge >= 0.3 is 5.97 Å². The van der Waals surface area contributed by atoms with Gasteiger partial charge in [-0.1, -0.05) is 11.6 Å². The van der Waals surface area contributed by atoms with Gasteiger partial charge < -0.3 is 15.0 Å². The SMILES string of the molecule is CC(C)NC(=O)COC(=O)c1ccc(Cl)c(N2CCCC2=O)c1. The monoisotopic (exact) mass is 338 g/mol. The van der Waals surface area contributed by atoms with E-state index in [9.17, 15) is 14.4 Å². The molecule has 1 aliphatic rings. The number of hydrogen-bond donors (Lipinski definition) is 1. The fourth-order valence-corrected chi connectivity index (χ4v) is 2.55. The quantitative estimate of drug-likeness (QED) is 0.835. The molecule has 0 saturated carbocycles. The zero-order valence-electron chi connectivity index (χ0n) is 13.1. The average molecular weight is 339 g/mol. The van der Waals surface area contributed by atoms with Crippen LogP contribution >= 0.6 is 11.6 Å². The van der Waals surface area contributed by atoms with E-state index < -0.39 is 5.97 Å². The van der Waals surface area contributed by atoms with Gasteiger partial charge in [-0.15, -0.1) is 0 Å². The number of benzene rings is 1. The highest BCUT2D eigenvalue weighted by Gasteiger charge is 2.24. The lowest BCUT2D eigenvalue weighted by Gasteiger charge is -2.18. The molecule has 1 N–H and O–H groups in total. The average Bonchev–Trinajstić information content (AvgIpc) is 2.90. The lowest BCUT2D eigenvalue weighted by Crippen LogP contribution is -2.34. The van der Waals surface area contributed by atoms with Crippen LogP contribution < -0.4 is 10.2 Å². The molecule has 1 aromatic carbocycles. The zero-order valence-corrected chi connectivity index (χ0v) is 13.9. The van der Waals surface area contributed by atoms with E-state index in [1.54, 1.807) is 11.0 Å². The zero-order chi connectivity index (χ0) is 17.0. The van der Waals surface area contributed by atoms with Gasteiger partial charge in [0.25, 0.3) is 5.91 Å². The Bertz CT molecular complexity index is 631. The van der Waals surface area contributed by atoms with Crippen molar-refractivity contribution in [3.8, 4) is 0 Å². The van der Waals surface area contributed by atoms with Gasteiger partial charge in [-0.3, -0.25) is 9.59 Å². The molecular weight excluding hydrogens is 320 g/mol. The van der Waals surface area contributed by atoms with Crippen molar-refractivity contribution < 1.29 is 19.1 Å². The topological polar surface area (TPSA) is 75.7 Å². The van der Waals surface area contributed by atoms with Crippen LogP contribution in [-0.2, 0) is 14.3 Å². The summed E-state index contributed by atoms with van der Waals surface area (Å²) in [6.07, 6.45) is 1.24. The Morgan fingerprint density at radius 2 is 2.13 bits per heavy atom. The first-order valence-corrected chi connectivity index (χ1v) is 7.82. The standard InChI is InChI=1S/C16H19ClN2O4/c1-10(2)18-14(20)9-23-16(22)11-5-6-12(17)13(8-11)19-7-3-4-15(19)21/h5-6,8,10H,3-4,7,9H2,1-2H3,(H,18,20). The molecule has 1 heterocycles. The Balaban J connectivity index is 2.06. The van der Waals surface area contributed by atoms with Gasteiger partial charge in [-0.25, -0.2) is 4.79 Å². The van der Waals surface area contributed by atoms with Gasteiger partial charge in [-0.05, 0) is 38.5 Å². The summed E-state index contributed by atoms with van der Waals surface area (Å²) in [4.78, 5) is 36.9. The van der Waals surface area contributed by atoms with Crippen molar-refractivity contribution in [2.45, 2.75) is 32.7 Å². The van der Waals surface area contributed by atoms with E-state index in [1.807, 2.05) is 13.8 Å². The Labute approximate surface area is 139 Å². The summed E-state index contributed by atoms with van der Waals surface area (Å²) in [5.41, 5.74) is 0.747. The van der Waals surface area contributed by atoms with Gasteiger partial charge in [0.15, 0.2) is 6.61 Å². The van der Waals surface area contributed by atoms with Crippen molar-refractivity contribution in [3.63, 3.8) is 0 Å². The molecule has 2 rings (SSSR count). The van der Waals surface area contributed by atoms with E-state index in [0.29, 0.717) is 23.7 Å². The lowest BCUT2D eigenvalue weighted by atomic mass is 10.2. The molecule has 0 unspecified atom stereocenters. The van der Waals surface area contributed by atoms with Gasteiger partial charge in [0.2, 0.25) is 5.91 Å². The molecule has 0 radical (unpaired) electrons. The fourth-order valence-electron chi connectivity index (χ4n) is 2.33. The second-order valence-corrected chi connectivity index (χ2v) is 6.02. The molecule has 124 valence electrons. The fraction of sp³-hybridized carbons (Fsp3) is 0.438. The number of halogens is 1. The predicted molar refractivity (Wildman–Crippen MR) is 86.6 cm³/mol. The highest BCUT2D eigenvalue weighted by atomic mass is 35.5. The van der Waals surface area contributed by atoms with E-state index in [-0.39, 0.29) is 30.0 Å². The van der Waals surface area contributed by atoms with Crippen molar-refractivity contribution >= 4 is 35.1 Å². The third-order valence-corrected chi connectivity index (χ3v) is 3.65. The number of carbonyl (C=O) groups is 3. The van der Waals surface area contributed by atoms with Gasteiger partial charge in [0.1, 0.15) is 0 Å². The second-order valence-electron chi connectivity index (χ2n) is 5.61. The third kappa shape index (κ3) is 4.45. The highest BCUT2D eigenvalue weighted by molar-refractivity contribution is 6.34. The van der Waals surface area contributed by atoms with Crippen molar-refractivity contribution in [2.75, 3.05) is 18.1 Å². The van der Waals surface area contributed by atoms with Crippen LogP contribution in [0.3, 0.4) is 0 Å². The molecule has 1 fully saturated rings. The van der Waals surface area contributed by atoms with Crippen LogP contribution in [0.2, 0.25) is 5.02 Å². The van der Waals surface area contributed by atoms with Crippen LogP contribution in [0.4, 0.5) is 5.69 Å². The number of hydrogen-bond acceptors (Lipinski definition) is 4. The van der Waals surface area contributed by atoms with Crippen LogP contribution in [-0.4, -0.2) is 37.0 Å². The van der Waals surface area contributed by atoms with Gasteiger partial charge in [0, 0.05) is 19.0 Å². The van der Waals surface area contributed by atoms with Crippen LogP contribution in [0, 0.1) is 0 Å². The van der Waals surface area contributed by atoms with E-state index in [1.165, 1.54) is 12.1 Å². The number of anilines is 1. The Morgan fingerprint density at radius 3 is 2.74 bits per heavy atom. The van der Waals surface area contributed by atoms with E-state index >= 15 is 0 Å². The van der Waals surface area contributed by atoms with Gasteiger partial charge in [0.05, 0.1) is 16.3 Å². The number of nitrogens with one attached hydrogen (secondary N) is 1. The smallest absolute Gasteiger partial charge is 0.338 e. The molecule has 2 amide bonds. The summed E-state index contributed by atoms with van der Waals surface area (Å²) in [7, 11) is 0.